The number of para-hydroxylation sites is 1. The van der Waals surface area contributed by atoms with Crippen LogP contribution in [0.25, 0.3) is 11.4 Å². The Hall–Kier alpha value is -4.20. The summed E-state index contributed by atoms with van der Waals surface area (Å²) in [6.45, 7) is 1.77. The smallest absolute Gasteiger partial charge is 0.255 e. The highest BCUT2D eigenvalue weighted by molar-refractivity contribution is 6.06. The van der Waals surface area contributed by atoms with Crippen molar-refractivity contribution in [1.29, 1.82) is 0 Å². The second-order valence-electron chi connectivity index (χ2n) is 6.94. The van der Waals surface area contributed by atoms with Crippen molar-refractivity contribution in [2.75, 3.05) is 5.32 Å². The molecule has 8 heteroatoms. The highest BCUT2D eigenvalue weighted by atomic mass is 19.1. The van der Waals surface area contributed by atoms with E-state index in [1.165, 1.54) is 29.1 Å². The van der Waals surface area contributed by atoms with Crippen LogP contribution in [0.4, 0.5) is 10.1 Å². The van der Waals surface area contributed by atoms with E-state index in [-0.39, 0.29) is 24.1 Å². The molecular weight excluding hydrogens is 397 g/mol. The Morgan fingerprint density at radius 1 is 0.968 bits per heavy atom. The van der Waals surface area contributed by atoms with Crippen LogP contribution in [0, 0.1) is 12.7 Å². The fourth-order valence-electron chi connectivity index (χ4n) is 3.04. The van der Waals surface area contributed by atoms with Crippen molar-refractivity contribution >= 4 is 17.4 Å². The molecule has 1 heterocycles. The van der Waals surface area contributed by atoms with E-state index in [0.717, 1.165) is 5.56 Å². The van der Waals surface area contributed by atoms with E-state index >= 15 is 0 Å². The first-order chi connectivity index (χ1) is 15.0. The summed E-state index contributed by atoms with van der Waals surface area (Å²) in [6.07, 6.45) is 0. The predicted molar refractivity (Wildman–Crippen MR) is 113 cm³/mol. The molecule has 31 heavy (non-hydrogen) atoms. The third-order valence-corrected chi connectivity index (χ3v) is 4.60. The normalized spacial score (nSPS) is 10.6. The van der Waals surface area contributed by atoms with E-state index < -0.39 is 5.82 Å². The molecule has 0 aliphatic heterocycles. The Morgan fingerprint density at radius 2 is 1.74 bits per heavy atom. The second-order valence-corrected chi connectivity index (χ2v) is 6.94. The fourth-order valence-corrected chi connectivity index (χ4v) is 3.04. The summed E-state index contributed by atoms with van der Waals surface area (Å²) in [5, 5.41) is 15.1. The van der Waals surface area contributed by atoms with E-state index in [1.54, 1.807) is 36.4 Å². The number of carbonyl (C=O) groups excluding carboxylic acids is 2. The van der Waals surface area contributed by atoms with Gasteiger partial charge in [-0.2, -0.15) is 4.80 Å². The lowest BCUT2D eigenvalue weighted by atomic mass is 10.1. The molecule has 0 spiro atoms. The molecule has 0 aliphatic carbocycles. The minimum Gasteiger partial charge on any atom is -0.321 e. The first kappa shape index (κ1) is 20.1. The lowest BCUT2D eigenvalue weighted by Gasteiger charge is -2.09. The highest BCUT2D eigenvalue weighted by Gasteiger charge is 2.15. The number of aryl methyl sites for hydroxylation is 1. The van der Waals surface area contributed by atoms with E-state index in [2.05, 4.69) is 20.7 Å². The Balaban J connectivity index is 1.53. The number of nitrogens with one attached hydrogen (secondary N) is 1. The molecule has 4 aromatic rings. The van der Waals surface area contributed by atoms with Gasteiger partial charge in [0, 0.05) is 16.7 Å². The zero-order valence-electron chi connectivity index (χ0n) is 16.6. The van der Waals surface area contributed by atoms with Crippen LogP contribution >= 0.6 is 0 Å². The minimum atomic E-state index is -0.415. The van der Waals surface area contributed by atoms with E-state index in [0.29, 0.717) is 22.4 Å². The van der Waals surface area contributed by atoms with Crippen LogP contribution in [0.15, 0.2) is 72.8 Å². The van der Waals surface area contributed by atoms with E-state index in [1.807, 2.05) is 19.1 Å². The number of benzene rings is 3. The van der Waals surface area contributed by atoms with Gasteiger partial charge in [-0.3, -0.25) is 9.59 Å². The van der Waals surface area contributed by atoms with Gasteiger partial charge < -0.3 is 5.32 Å². The van der Waals surface area contributed by atoms with E-state index in [4.69, 9.17) is 0 Å². The monoisotopic (exact) mass is 415 g/mol. The number of aromatic nitrogens is 4. The van der Waals surface area contributed by atoms with Crippen molar-refractivity contribution in [3.8, 4) is 11.4 Å². The van der Waals surface area contributed by atoms with Gasteiger partial charge >= 0.3 is 0 Å². The third kappa shape index (κ3) is 4.69. The number of hydrogen-bond donors (Lipinski definition) is 1. The number of nitrogens with zero attached hydrogens (tertiary/aromatic N) is 4. The first-order valence-corrected chi connectivity index (χ1v) is 9.53. The molecule has 0 saturated carbocycles. The molecule has 1 amide bonds. The van der Waals surface area contributed by atoms with Crippen molar-refractivity contribution in [3.05, 3.63) is 95.3 Å². The number of amides is 1. The number of halogens is 1. The number of rotatable bonds is 6. The van der Waals surface area contributed by atoms with Crippen LogP contribution in [0.1, 0.15) is 26.3 Å². The van der Waals surface area contributed by atoms with Gasteiger partial charge in [-0.1, -0.05) is 29.8 Å². The lowest BCUT2D eigenvalue weighted by molar-refractivity contribution is 0.0960. The molecule has 7 nitrogen and oxygen atoms in total. The highest BCUT2D eigenvalue weighted by Crippen LogP contribution is 2.25. The minimum absolute atomic E-state index is 0.142. The molecule has 4 rings (SSSR count). The SMILES string of the molecule is Cc1cccc(C(=O)Nc2ccccc2-c2nnn(CC(=O)c3ccc(F)cc3)n2)c1. The average molecular weight is 415 g/mol. The van der Waals surface area contributed by atoms with Gasteiger partial charge in [-0.25, -0.2) is 4.39 Å². The summed E-state index contributed by atoms with van der Waals surface area (Å²) < 4.78 is 13.0. The molecule has 0 bridgehead atoms. The van der Waals surface area contributed by atoms with Crippen LogP contribution in [-0.2, 0) is 6.54 Å². The number of tetrazole rings is 1. The van der Waals surface area contributed by atoms with Crippen molar-refractivity contribution in [2.45, 2.75) is 13.5 Å². The summed E-state index contributed by atoms with van der Waals surface area (Å²) in [4.78, 5) is 26.2. The zero-order valence-corrected chi connectivity index (χ0v) is 16.6. The molecule has 3 aromatic carbocycles. The Bertz CT molecular complexity index is 1250. The Morgan fingerprint density at radius 3 is 2.52 bits per heavy atom. The molecule has 0 radical (unpaired) electrons. The van der Waals surface area contributed by atoms with Gasteiger partial charge in [-0.15, -0.1) is 10.2 Å². The maximum atomic E-state index is 13.0. The van der Waals surface area contributed by atoms with Crippen LogP contribution in [0.3, 0.4) is 0 Å². The molecule has 0 saturated heterocycles. The molecule has 0 aliphatic rings. The Kier molecular flexibility index (Phi) is 5.61. The van der Waals surface area contributed by atoms with Gasteiger partial charge in [-0.05, 0) is 60.7 Å². The standard InChI is InChI=1S/C23H18FN5O2/c1-15-5-4-6-17(13-15)23(31)25-20-8-3-2-7-19(20)22-26-28-29(27-22)14-21(30)16-9-11-18(24)12-10-16/h2-13H,14H2,1H3,(H,25,31). The lowest BCUT2D eigenvalue weighted by Crippen LogP contribution is -2.13. The number of Topliss-reactive ketones (excluding diaryl/α,β-unsaturated/α-hetero) is 1. The summed E-state index contributed by atoms with van der Waals surface area (Å²) in [7, 11) is 0. The molecule has 1 N–H and O–H groups in total. The quantitative estimate of drug-likeness (QED) is 0.482. The molecule has 1 aromatic heterocycles. The van der Waals surface area contributed by atoms with Crippen molar-refractivity contribution in [1.82, 2.24) is 20.2 Å². The molecule has 154 valence electrons. The molecule has 0 atom stereocenters. The number of anilines is 1. The van der Waals surface area contributed by atoms with Crippen LogP contribution in [0.2, 0.25) is 0 Å². The largest absolute Gasteiger partial charge is 0.321 e. The number of carbonyl (C=O) groups is 2. The van der Waals surface area contributed by atoms with Crippen LogP contribution in [-0.4, -0.2) is 31.9 Å². The van der Waals surface area contributed by atoms with Gasteiger partial charge in [0.1, 0.15) is 12.4 Å². The van der Waals surface area contributed by atoms with Crippen molar-refractivity contribution in [2.24, 2.45) is 0 Å². The average Bonchev–Trinajstić information content (AvgIpc) is 3.22. The number of ketones is 1. The zero-order chi connectivity index (χ0) is 21.8. The number of hydrogen-bond acceptors (Lipinski definition) is 5. The van der Waals surface area contributed by atoms with Gasteiger partial charge in [0.05, 0.1) is 5.69 Å². The maximum Gasteiger partial charge on any atom is 0.255 e. The fraction of sp³-hybridized carbons (Fsp3) is 0.0870. The maximum absolute atomic E-state index is 13.0. The van der Waals surface area contributed by atoms with E-state index in [9.17, 15) is 14.0 Å². The third-order valence-electron chi connectivity index (χ3n) is 4.60. The van der Waals surface area contributed by atoms with Gasteiger partial charge in [0.2, 0.25) is 5.82 Å². The summed E-state index contributed by atoms with van der Waals surface area (Å²) in [6, 6.07) is 19.6. The second kappa shape index (κ2) is 8.66. The van der Waals surface area contributed by atoms with Gasteiger partial charge in [0.25, 0.3) is 5.91 Å². The summed E-state index contributed by atoms with van der Waals surface area (Å²) in [5.41, 5.74) is 2.97. The Labute approximate surface area is 177 Å². The summed E-state index contributed by atoms with van der Waals surface area (Å²) >= 11 is 0. The van der Waals surface area contributed by atoms with Crippen LogP contribution in [0.5, 0.6) is 0 Å². The summed E-state index contributed by atoms with van der Waals surface area (Å²) in [5.74, 6) is -0.672. The van der Waals surface area contributed by atoms with Crippen molar-refractivity contribution in [3.63, 3.8) is 0 Å². The molecular formula is C23H18FN5O2. The van der Waals surface area contributed by atoms with Crippen molar-refractivity contribution < 1.29 is 14.0 Å². The van der Waals surface area contributed by atoms with Gasteiger partial charge in [0.15, 0.2) is 5.78 Å². The van der Waals surface area contributed by atoms with Crippen LogP contribution < -0.4 is 5.32 Å². The molecule has 0 fully saturated rings. The first-order valence-electron chi connectivity index (χ1n) is 9.53. The topological polar surface area (TPSA) is 89.8 Å². The molecule has 0 unspecified atom stereocenters. The predicted octanol–water partition coefficient (Wildman–Crippen LogP) is 3.92.